The maximum Gasteiger partial charge on any atom is 0.260 e. The second-order valence-corrected chi connectivity index (χ2v) is 7.66. The number of ether oxygens (including phenoxy) is 1. The van der Waals surface area contributed by atoms with Gasteiger partial charge in [0.15, 0.2) is 0 Å². The van der Waals surface area contributed by atoms with E-state index in [2.05, 4.69) is 5.32 Å². The SMILES string of the molecule is COCCn1c(N)c(-c2ccccc2F)c2ccc(NC(=O)Cc3ccccc3)cc2c1=O. The van der Waals surface area contributed by atoms with Gasteiger partial charge in [0.05, 0.1) is 19.6 Å². The van der Waals surface area contributed by atoms with Gasteiger partial charge in [-0.2, -0.15) is 0 Å². The average Bonchev–Trinajstić information content (AvgIpc) is 2.81. The second-order valence-electron chi connectivity index (χ2n) is 7.66. The highest BCUT2D eigenvalue weighted by atomic mass is 19.1. The lowest BCUT2D eigenvalue weighted by atomic mass is 9.98. The molecule has 4 aromatic rings. The number of hydrogen-bond donors (Lipinski definition) is 2. The number of fused-ring (bicyclic) bond motifs is 1. The van der Waals surface area contributed by atoms with Crippen LogP contribution in [0.3, 0.4) is 0 Å². The quantitative estimate of drug-likeness (QED) is 0.446. The van der Waals surface area contributed by atoms with Crippen LogP contribution < -0.4 is 16.6 Å². The molecule has 168 valence electrons. The fourth-order valence-electron chi connectivity index (χ4n) is 3.88. The Morgan fingerprint density at radius 3 is 2.48 bits per heavy atom. The predicted molar refractivity (Wildman–Crippen MR) is 129 cm³/mol. The maximum absolute atomic E-state index is 14.7. The molecular formula is C26H24FN3O3. The van der Waals surface area contributed by atoms with E-state index in [1.807, 2.05) is 30.3 Å². The Morgan fingerprint density at radius 1 is 1.03 bits per heavy atom. The van der Waals surface area contributed by atoms with E-state index in [-0.39, 0.29) is 36.9 Å². The molecular weight excluding hydrogens is 421 g/mol. The number of rotatable bonds is 7. The normalized spacial score (nSPS) is 11.0. The van der Waals surface area contributed by atoms with Crippen LogP contribution in [0.15, 0.2) is 77.6 Å². The molecule has 0 aliphatic carbocycles. The number of anilines is 2. The highest BCUT2D eigenvalue weighted by molar-refractivity contribution is 6.03. The summed E-state index contributed by atoms with van der Waals surface area (Å²) in [4.78, 5) is 25.8. The third-order valence-electron chi connectivity index (χ3n) is 5.46. The number of nitrogens with zero attached hydrogens (tertiary/aromatic N) is 1. The van der Waals surface area contributed by atoms with Crippen molar-refractivity contribution in [3.8, 4) is 11.1 Å². The molecule has 0 atom stereocenters. The molecule has 3 N–H and O–H groups in total. The number of nitrogen functional groups attached to an aromatic ring is 1. The summed E-state index contributed by atoms with van der Waals surface area (Å²) in [5.74, 6) is -0.483. The van der Waals surface area contributed by atoms with E-state index in [0.717, 1.165) is 5.56 Å². The first-order chi connectivity index (χ1) is 16.0. The van der Waals surface area contributed by atoms with Crippen LogP contribution in [0, 0.1) is 5.82 Å². The molecule has 0 fully saturated rings. The lowest BCUT2D eigenvalue weighted by Crippen LogP contribution is -2.26. The lowest BCUT2D eigenvalue weighted by Gasteiger charge is -2.18. The summed E-state index contributed by atoms with van der Waals surface area (Å²) in [5.41, 5.74) is 8.12. The van der Waals surface area contributed by atoms with Gasteiger partial charge in [-0.25, -0.2) is 4.39 Å². The smallest absolute Gasteiger partial charge is 0.260 e. The van der Waals surface area contributed by atoms with Crippen LogP contribution in [-0.4, -0.2) is 24.2 Å². The summed E-state index contributed by atoms with van der Waals surface area (Å²) in [7, 11) is 1.53. The largest absolute Gasteiger partial charge is 0.384 e. The predicted octanol–water partition coefficient (Wildman–Crippen LogP) is 4.22. The Hall–Kier alpha value is -3.97. The minimum absolute atomic E-state index is 0.163. The van der Waals surface area contributed by atoms with E-state index < -0.39 is 5.82 Å². The summed E-state index contributed by atoms with van der Waals surface area (Å²) in [6.45, 7) is 0.475. The summed E-state index contributed by atoms with van der Waals surface area (Å²) < 4.78 is 21.2. The third-order valence-corrected chi connectivity index (χ3v) is 5.46. The Morgan fingerprint density at radius 2 is 1.76 bits per heavy atom. The number of halogens is 1. The first-order valence-corrected chi connectivity index (χ1v) is 10.5. The van der Waals surface area contributed by atoms with Crippen LogP contribution in [0.25, 0.3) is 21.9 Å². The number of carbonyl (C=O) groups excluding carboxylic acids is 1. The minimum atomic E-state index is -0.442. The molecule has 4 rings (SSSR count). The lowest BCUT2D eigenvalue weighted by molar-refractivity contribution is -0.115. The fourth-order valence-corrected chi connectivity index (χ4v) is 3.88. The first kappa shape index (κ1) is 22.2. The van der Waals surface area contributed by atoms with Gasteiger partial charge in [0, 0.05) is 29.3 Å². The number of amides is 1. The monoisotopic (exact) mass is 445 g/mol. The highest BCUT2D eigenvalue weighted by Crippen LogP contribution is 2.35. The van der Waals surface area contributed by atoms with Crippen molar-refractivity contribution >= 4 is 28.2 Å². The fraction of sp³-hybridized carbons (Fsp3) is 0.154. The standard InChI is InChI=1S/C26H24FN3O3/c1-33-14-13-30-25(28)24(20-9-5-6-10-22(20)27)19-12-11-18(16-21(19)26(30)32)29-23(31)15-17-7-3-2-4-8-17/h2-12,16H,13-15,28H2,1H3,(H,29,31). The minimum Gasteiger partial charge on any atom is -0.384 e. The zero-order valence-electron chi connectivity index (χ0n) is 18.2. The van der Waals surface area contributed by atoms with Gasteiger partial charge in [0.25, 0.3) is 5.56 Å². The van der Waals surface area contributed by atoms with Crippen LogP contribution in [0.1, 0.15) is 5.56 Å². The van der Waals surface area contributed by atoms with Crippen molar-refractivity contribution in [1.82, 2.24) is 4.57 Å². The average molecular weight is 445 g/mol. The van der Waals surface area contributed by atoms with Crippen LogP contribution in [0.2, 0.25) is 0 Å². The van der Waals surface area contributed by atoms with Crippen molar-refractivity contribution in [2.45, 2.75) is 13.0 Å². The summed E-state index contributed by atoms with van der Waals surface area (Å²) in [5, 5.41) is 3.68. The number of methoxy groups -OCH3 is 1. The molecule has 0 saturated heterocycles. The summed E-state index contributed by atoms with van der Waals surface area (Å²) >= 11 is 0. The van der Waals surface area contributed by atoms with Crippen LogP contribution in [-0.2, 0) is 22.5 Å². The molecule has 1 heterocycles. The van der Waals surface area contributed by atoms with Gasteiger partial charge in [0.1, 0.15) is 11.6 Å². The van der Waals surface area contributed by atoms with Gasteiger partial charge in [-0.15, -0.1) is 0 Å². The molecule has 0 saturated carbocycles. The van der Waals surface area contributed by atoms with E-state index in [1.165, 1.54) is 17.7 Å². The van der Waals surface area contributed by atoms with E-state index in [0.29, 0.717) is 27.6 Å². The number of nitrogens with two attached hydrogens (primary N) is 1. The zero-order valence-corrected chi connectivity index (χ0v) is 18.2. The van der Waals surface area contributed by atoms with Gasteiger partial charge >= 0.3 is 0 Å². The molecule has 7 heteroatoms. The Kier molecular flexibility index (Phi) is 6.51. The molecule has 0 spiro atoms. The van der Waals surface area contributed by atoms with Crippen molar-refractivity contribution < 1.29 is 13.9 Å². The van der Waals surface area contributed by atoms with E-state index in [9.17, 15) is 14.0 Å². The molecule has 0 radical (unpaired) electrons. The van der Waals surface area contributed by atoms with Crippen molar-refractivity contribution in [2.24, 2.45) is 0 Å². The molecule has 0 aliphatic heterocycles. The molecule has 3 aromatic carbocycles. The molecule has 1 amide bonds. The van der Waals surface area contributed by atoms with Crippen molar-refractivity contribution in [1.29, 1.82) is 0 Å². The molecule has 33 heavy (non-hydrogen) atoms. The van der Waals surface area contributed by atoms with Crippen LogP contribution in [0.5, 0.6) is 0 Å². The maximum atomic E-state index is 14.7. The van der Waals surface area contributed by atoms with E-state index >= 15 is 0 Å². The third kappa shape index (κ3) is 4.63. The molecule has 0 bridgehead atoms. The van der Waals surface area contributed by atoms with Gasteiger partial charge < -0.3 is 15.8 Å². The number of benzene rings is 3. The van der Waals surface area contributed by atoms with E-state index in [1.54, 1.807) is 36.4 Å². The van der Waals surface area contributed by atoms with Crippen molar-refractivity contribution in [2.75, 3.05) is 24.8 Å². The second kappa shape index (κ2) is 9.67. The number of aromatic nitrogens is 1. The summed E-state index contributed by atoms with van der Waals surface area (Å²) in [6, 6.07) is 20.6. The topological polar surface area (TPSA) is 86.3 Å². The molecule has 0 unspecified atom stereocenters. The number of hydrogen-bond acceptors (Lipinski definition) is 4. The van der Waals surface area contributed by atoms with Gasteiger partial charge in [-0.3, -0.25) is 14.2 Å². The summed E-state index contributed by atoms with van der Waals surface area (Å²) in [6.07, 6.45) is 0.208. The zero-order chi connectivity index (χ0) is 23.4. The number of nitrogens with one attached hydrogen (secondary N) is 1. The number of carbonyl (C=O) groups is 1. The molecule has 1 aromatic heterocycles. The Labute approximate surface area is 190 Å². The van der Waals surface area contributed by atoms with Gasteiger partial charge in [-0.05, 0) is 29.1 Å². The Balaban J connectivity index is 1.81. The van der Waals surface area contributed by atoms with Crippen molar-refractivity contribution in [3.05, 3.63) is 94.5 Å². The van der Waals surface area contributed by atoms with E-state index in [4.69, 9.17) is 10.5 Å². The van der Waals surface area contributed by atoms with Crippen LogP contribution in [0.4, 0.5) is 15.9 Å². The molecule has 6 nitrogen and oxygen atoms in total. The number of pyridine rings is 1. The van der Waals surface area contributed by atoms with Gasteiger partial charge in [-0.1, -0.05) is 54.6 Å². The van der Waals surface area contributed by atoms with Crippen molar-refractivity contribution in [3.63, 3.8) is 0 Å². The Bertz CT molecular complexity index is 1370. The highest BCUT2D eigenvalue weighted by Gasteiger charge is 2.19. The van der Waals surface area contributed by atoms with Gasteiger partial charge in [0.2, 0.25) is 5.91 Å². The van der Waals surface area contributed by atoms with Crippen LogP contribution >= 0.6 is 0 Å². The molecule has 0 aliphatic rings. The first-order valence-electron chi connectivity index (χ1n) is 10.5.